The number of ether oxygens (including phenoxy) is 1. The summed E-state index contributed by atoms with van der Waals surface area (Å²) in [6.07, 6.45) is -0.355. The molecule has 0 saturated carbocycles. The maximum atomic E-state index is 12.5. The molecule has 1 fully saturated rings. The normalized spacial score (nSPS) is 15.5. The Hall–Kier alpha value is -1.95. The van der Waals surface area contributed by atoms with Crippen molar-refractivity contribution in [1.82, 2.24) is 9.80 Å². The first kappa shape index (κ1) is 17.4. The number of carbonyl (C=O) groups is 2. The zero-order valence-electron chi connectivity index (χ0n) is 13.6. The number of nitrogens with zero attached hydrogens (tertiary/aromatic N) is 2. The van der Waals surface area contributed by atoms with Gasteiger partial charge in [-0.25, -0.2) is 4.79 Å². The molecule has 1 aromatic carbocycles. The van der Waals surface area contributed by atoms with Crippen LogP contribution in [0, 0.1) is 0 Å². The van der Waals surface area contributed by atoms with Gasteiger partial charge in [0, 0.05) is 36.9 Å². The molecule has 23 heavy (non-hydrogen) atoms. The van der Waals surface area contributed by atoms with E-state index < -0.39 is 5.60 Å². The van der Waals surface area contributed by atoms with Crippen LogP contribution in [0.25, 0.3) is 0 Å². The second kappa shape index (κ2) is 6.66. The predicted molar refractivity (Wildman–Crippen MR) is 89.6 cm³/mol. The van der Waals surface area contributed by atoms with Crippen LogP contribution in [0.1, 0.15) is 31.1 Å². The van der Waals surface area contributed by atoms with Crippen molar-refractivity contribution in [3.8, 4) is 0 Å². The van der Waals surface area contributed by atoms with Gasteiger partial charge in [0.25, 0.3) is 5.91 Å². The van der Waals surface area contributed by atoms with Gasteiger partial charge in [0.05, 0.1) is 5.56 Å². The number of carbonyl (C=O) groups excluding carboxylic acids is 2. The molecule has 1 heterocycles. The van der Waals surface area contributed by atoms with Gasteiger partial charge in [0.1, 0.15) is 5.60 Å². The highest BCUT2D eigenvalue weighted by Gasteiger charge is 2.28. The fourth-order valence-electron chi connectivity index (χ4n) is 2.30. The summed E-state index contributed by atoms with van der Waals surface area (Å²) < 4.78 is 5.34. The van der Waals surface area contributed by atoms with Crippen LogP contribution in [0.3, 0.4) is 0 Å². The summed E-state index contributed by atoms with van der Waals surface area (Å²) in [5.74, 6) is -0.172. The lowest BCUT2D eigenvalue weighted by molar-refractivity contribution is 0.0141. The molecular weight excluding hydrogens is 318 g/mol. The molecule has 0 atom stereocenters. The van der Waals surface area contributed by atoms with E-state index in [2.05, 4.69) is 0 Å². The molecule has 6 nitrogen and oxygen atoms in total. The number of hydrogen-bond acceptors (Lipinski definition) is 4. The SMILES string of the molecule is CC(C)(C)OC(=O)N1CCN(C(=O)c2cc(Cl)ccc2N)CC1. The molecule has 7 heteroatoms. The van der Waals surface area contributed by atoms with Gasteiger partial charge in [-0.1, -0.05) is 11.6 Å². The summed E-state index contributed by atoms with van der Waals surface area (Å²) in [6, 6.07) is 4.83. The molecule has 1 aromatic rings. The first-order valence-electron chi connectivity index (χ1n) is 7.49. The summed E-state index contributed by atoms with van der Waals surface area (Å²) in [4.78, 5) is 27.8. The van der Waals surface area contributed by atoms with Crippen LogP contribution >= 0.6 is 11.6 Å². The topological polar surface area (TPSA) is 75.9 Å². The number of benzene rings is 1. The zero-order chi connectivity index (χ0) is 17.2. The van der Waals surface area contributed by atoms with Crippen LogP contribution in [0.5, 0.6) is 0 Å². The van der Waals surface area contributed by atoms with Crippen molar-refractivity contribution < 1.29 is 14.3 Å². The third kappa shape index (κ3) is 4.51. The number of amides is 2. The minimum absolute atomic E-state index is 0.172. The summed E-state index contributed by atoms with van der Waals surface area (Å²) in [6.45, 7) is 7.21. The molecule has 0 aromatic heterocycles. The molecule has 2 rings (SSSR count). The fraction of sp³-hybridized carbons (Fsp3) is 0.500. The molecule has 0 spiro atoms. The Kier molecular flexibility index (Phi) is 5.04. The van der Waals surface area contributed by atoms with Crippen molar-refractivity contribution >= 4 is 29.3 Å². The van der Waals surface area contributed by atoms with Crippen LogP contribution in [-0.4, -0.2) is 53.6 Å². The highest BCUT2D eigenvalue weighted by atomic mass is 35.5. The van der Waals surface area contributed by atoms with E-state index in [4.69, 9.17) is 22.1 Å². The first-order chi connectivity index (χ1) is 10.7. The highest BCUT2D eigenvalue weighted by Crippen LogP contribution is 2.20. The third-order valence-electron chi connectivity index (χ3n) is 3.46. The lowest BCUT2D eigenvalue weighted by Gasteiger charge is -2.35. The number of rotatable bonds is 1. The van der Waals surface area contributed by atoms with Gasteiger partial charge in [0.2, 0.25) is 0 Å². The van der Waals surface area contributed by atoms with Gasteiger partial charge in [-0.15, -0.1) is 0 Å². The molecule has 126 valence electrons. The van der Waals surface area contributed by atoms with Gasteiger partial charge in [0.15, 0.2) is 0 Å². The molecule has 2 N–H and O–H groups in total. The van der Waals surface area contributed by atoms with Crippen molar-refractivity contribution in [2.24, 2.45) is 0 Å². The summed E-state index contributed by atoms with van der Waals surface area (Å²) >= 11 is 5.93. The Morgan fingerprint density at radius 1 is 1.13 bits per heavy atom. The summed E-state index contributed by atoms with van der Waals surface area (Å²) in [5, 5.41) is 0.468. The van der Waals surface area contributed by atoms with E-state index >= 15 is 0 Å². The highest BCUT2D eigenvalue weighted by molar-refractivity contribution is 6.31. The van der Waals surface area contributed by atoms with Crippen LogP contribution in [0.4, 0.5) is 10.5 Å². The van der Waals surface area contributed by atoms with Crippen LogP contribution in [0.15, 0.2) is 18.2 Å². The van der Waals surface area contributed by atoms with Crippen molar-refractivity contribution in [3.63, 3.8) is 0 Å². The van der Waals surface area contributed by atoms with Crippen LogP contribution < -0.4 is 5.73 Å². The van der Waals surface area contributed by atoms with E-state index in [0.717, 1.165) is 0 Å². The Balaban J connectivity index is 1.97. The zero-order valence-corrected chi connectivity index (χ0v) is 14.4. The number of nitrogens with two attached hydrogens (primary N) is 1. The monoisotopic (exact) mass is 339 g/mol. The Labute approximate surface area is 141 Å². The number of hydrogen-bond donors (Lipinski definition) is 1. The summed E-state index contributed by atoms with van der Waals surface area (Å²) in [7, 11) is 0. The first-order valence-corrected chi connectivity index (χ1v) is 7.87. The van der Waals surface area contributed by atoms with E-state index in [1.807, 2.05) is 20.8 Å². The van der Waals surface area contributed by atoms with Gasteiger partial charge in [-0.2, -0.15) is 0 Å². The average Bonchev–Trinajstić information content (AvgIpc) is 2.47. The van der Waals surface area contributed by atoms with E-state index in [1.165, 1.54) is 0 Å². The van der Waals surface area contributed by atoms with E-state index in [-0.39, 0.29) is 12.0 Å². The lowest BCUT2D eigenvalue weighted by atomic mass is 10.1. The number of piperazine rings is 1. The third-order valence-corrected chi connectivity index (χ3v) is 3.70. The van der Waals surface area contributed by atoms with Gasteiger partial charge < -0.3 is 20.3 Å². The minimum atomic E-state index is -0.528. The second-order valence-electron chi connectivity index (χ2n) is 6.49. The molecule has 1 aliphatic heterocycles. The van der Waals surface area contributed by atoms with E-state index in [9.17, 15) is 9.59 Å². The Bertz CT molecular complexity index is 605. The molecule has 1 aliphatic rings. The molecule has 0 unspecified atom stereocenters. The molecular formula is C16H22ClN3O3. The number of nitrogen functional groups attached to an aromatic ring is 1. The van der Waals surface area contributed by atoms with Crippen LogP contribution in [0.2, 0.25) is 5.02 Å². The molecule has 1 saturated heterocycles. The number of anilines is 1. The molecule has 0 bridgehead atoms. The van der Waals surface area contributed by atoms with Crippen molar-refractivity contribution in [2.75, 3.05) is 31.9 Å². The molecule has 0 radical (unpaired) electrons. The summed E-state index contributed by atoms with van der Waals surface area (Å²) in [5.41, 5.74) is 6.11. The van der Waals surface area contributed by atoms with Gasteiger partial charge >= 0.3 is 6.09 Å². The Morgan fingerprint density at radius 2 is 1.70 bits per heavy atom. The van der Waals surface area contributed by atoms with E-state index in [0.29, 0.717) is 42.5 Å². The largest absolute Gasteiger partial charge is 0.444 e. The fourth-order valence-corrected chi connectivity index (χ4v) is 2.47. The van der Waals surface area contributed by atoms with E-state index in [1.54, 1.807) is 28.0 Å². The standard InChI is InChI=1S/C16H22ClN3O3/c1-16(2,3)23-15(22)20-8-6-19(7-9-20)14(21)12-10-11(17)4-5-13(12)18/h4-5,10H,6-9,18H2,1-3H3. The van der Waals surface area contributed by atoms with Crippen LogP contribution in [-0.2, 0) is 4.74 Å². The smallest absolute Gasteiger partial charge is 0.410 e. The van der Waals surface area contributed by atoms with Crippen molar-refractivity contribution in [2.45, 2.75) is 26.4 Å². The number of halogens is 1. The predicted octanol–water partition coefficient (Wildman–Crippen LogP) is 2.62. The van der Waals surface area contributed by atoms with Crippen molar-refractivity contribution in [3.05, 3.63) is 28.8 Å². The molecule has 0 aliphatic carbocycles. The average molecular weight is 340 g/mol. The maximum Gasteiger partial charge on any atom is 0.410 e. The molecule has 2 amide bonds. The minimum Gasteiger partial charge on any atom is -0.444 e. The quantitative estimate of drug-likeness (QED) is 0.798. The second-order valence-corrected chi connectivity index (χ2v) is 6.93. The maximum absolute atomic E-state index is 12.5. The lowest BCUT2D eigenvalue weighted by Crippen LogP contribution is -2.51. The Morgan fingerprint density at radius 3 is 2.26 bits per heavy atom. The van der Waals surface area contributed by atoms with Gasteiger partial charge in [-0.05, 0) is 39.0 Å². The van der Waals surface area contributed by atoms with Gasteiger partial charge in [-0.3, -0.25) is 4.79 Å². The van der Waals surface area contributed by atoms with Crippen molar-refractivity contribution in [1.29, 1.82) is 0 Å².